The van der Waals surface area contributed by atoms with E-state index < -0.39 is 0 Å². The molecule has 0 aliphatic carbocycles. The summed E-state index contributed by atoms with van der Waals surface area (Å²) >= 11 is 0. The van der Waals surface area contributed by atoms with Gasteiger partial charge in [0.25, 0.3) is 0 Å². The van der Waals surface area contributed by atoms with E-state index in [1.54, 1.807) is 14.2 Å². The lowest BCUT2D eigenvalue weighted by atomic mass is 9.82. The number of halogens is 2. The van der Waals surface area contributed by atoms with Crippen molar-refractivity contribution in [2.45, 2.75) is 85.2 Å². The third-order valence-electron chi connectivity index (χ3n) is 12.6. The molecule has 0 fully saturated rings. The van der Waals surface area contributed by atoms with Crippen LogP contribution in [0.3, 0.4) is 0 Å². The maximum absolute atomic E-state index is 6.16. The number of rotatable bonds is 10. The van der Waals surface area contributed by atoms with Crippen molar-refractivity contribution in [1.29, 1.82) is 0 Å². The van der Waals surface area contributed by atoms with E-state index in [4.69, 9.17) is 18.9 Å². The fourth-order valence-electron chi connectivity index (χ4n) is 8.93. The van der Waals surface area contributed by atoms with Crippen LogP contribution in [0.15, 0.2) is 115 Å². The molecule has 0 amide bonds. The normalized spacial score (nSPS) is 16.1. The molecule has 0 saturated carbocycles. The van der Waals surface area contributed by atoms with Crippen LogP contribution in [0, 0.1) is 27.7 Å². The molecule has 6 nitrogen and oxygen atoms in total. The second-order valence-corrected chi connectivity index (χ2v) is 16.5. The first kappa shape index (κ1) is 45.5. The Morgan fingerprint density at radius 2 is 1.10 bits per heavy atom. The van der Waals surface area contributed by atoms with Crippen molar-refractivity contribution in [3.63, 3.8) is 0 Å². The molecule has 6 aromatic rings. The first-order chi connectivity index (χ1) is 28.8. The topological polar surface area (TPSA) is 52.2 Å². The number of nitrogens with one attached hydrogen (secondary N) is 1. The molecule has 3 aliphatic heterocycles. The first-order valence-corrected chi connectivity index (χ1v) is 21.1. The molecule has 9 rings (SSSR count). The molecule has 0 saturated heterocycles. The van der Waals surface area contributed by atoms with Crippen molar-refractivity contribution in [2.75, 3.05) is 27.3 Å². The van der Waals surface area contributed by atoms with E-state index in [1.165, 1.54) is 61.2 Å². The lowest BCUT2D eigenvalue weighted by molar-refractivity contribution is 0.160. The largest absolute Gasteiger partial charge is 0.493 e. The van der Waals surface area contributed by atoms with Crippen molar-refractivity contribution >= 4 is 24.8 Å². The number of ether oxygens (including phenoxy) is 4. The van der Waals surface area contributed by atoms with Crippen LogP contribution in [-0.4, -0.2) is 32.2 Å². The van der Waals surface area contributed by atoms with Crippen LogP contribution in [-0.2, 0) is 45.4 Å². The van der Waals surface area contributed by atoms with Gasteiger partial charge in [0.05, 0.1) is 14.2 Å². The molecule has 0 unspecified atom stereocenters. The van der Waals surface area contributed by atoms with Gasteiger partial charge in [-0.05, 0) is 157 Å². The molecular formula is C53H60Cl2N2O4. The molecule has 3 aliphatic rings. The van der Waals surface area contributed by atoms with E-state index in [0.29, 0.717) is 25.3 Å². The second-order valence-electron chi connectivity index (χ2n) is 16.5. The van der Waals surface area contributed by atoms with Crippen LogP contribution in [0.4, 0.5) is 0 Å². The molecule has 320 valence electrons. The number of hydrogen-bond acceptors (Lipinski definition) is 6. The van der Waals surface area contributed by atoms with Gasteiger partial charge in [-0.3, -0.25) is 4.90 Å². The molecule has 1 N–H and O–H groups in total. The summed E-state index contributed by atoms with van der Waals surface area (Å²) in [6.07, 6.45) is 4.20. The van der Waals surface area contributed by atoms with Crippen LogP contribution < -0.4 is 24.3 Å². The van der Waals surface area contributed by atoms with Crippen molar-refractivity contribution < 1.29 is 18.9 Å². The number of fused-ring (bicyclic) bond motifs is 5. The van der Waals surface area contributed by atoms with E-state index in [2.05, 4.69) is 111 Å². The maximum Gasteiger partial charge on any atom is 0.162 e. The van der Waals surface area contributed by atoms with Crippen LogP contribution in [0.1, 0.15) is 84.4 Å². The third kappa shape index (κ3) is 10.6. The summed E-state index contributed by atoms with van der Waals surface area (Å²) in [5.74, 6) is 3.23. The molecule has 3 heterocycles. The van der Waals surface area contributed by atoms with E-state index in [-0.39, 0.29) is 24.8 Å². The predicted octanol–water partition coefficient (Wildman–Crippen LogP) is 11.7. The summed E-state index contributed by atoms with van der Waals surface area (Å²) in [6.45, 7) is 13.0. The molecule has 0 spiro atoms. The zero-order valence-electron chi connectivity index (χ0n) is 36.4. The Morgan fingerprint density at radius 1 is 0.541 bits per heavy atom. The van der Waals surface area contributed by atoms with E-state index in [0.717, 1.165) is 79.4 Å². The summed E-state index contributed by atoms with van der Waals surface area (Å²) in [4.78, 5) is 2.63. The fourth-order valence-corrected chi connectivity index (χ4v) is 8.93. The lowest BCUT2D eigenvalue weighted by Crippen LogP contribution is -2.39. The van der Waals surface area contributed by atoms with Gasteiger partial charge in [0.15, 0.2) is 23.0 Å². The maximum atomic E-state index is 6.16. The van der Waals surface area contributed by atoms with Crippen LogP contribution in [0.25, 0.3) is 0 Å². The van der Waals surface area contributed by atoms with Crippen molar-refractivity contribution in [1.82, 2.24) is 10.2 Å². The summed E-state index contributed by atoms with van der Waals surface area (Å²) in [6, 6.07) is 41.5. The zero-order chi connectivity index (χ0) is 40.9. The fraction of sp³-hybridized carbons (Fsp3) is 0.321. The van der Waals surface area contributed by atoms with Gasteiger partial charge in [-0.25, -0.2) is 0 Å². The Kier molecular flexibility index (Phi) is 15.5. The molecule has 8 heteroatoms. The van der Waals surface area contributed by atoms with Crippen LogP contribution >= 0.6 is 24.8 Å². The molecule has 0 bridgehead atoms. The van der Waals surface area contributed by atoms with E-state index in [1.807, 2.05) is 42.5 Å². The monoisotopic (exact) mass is 858 g/mol. The van der Waals surface area contributed by atoms with Crippen LogP contribution in [0.2, 0.25) is 0 Å². The van der Waals surface area contributed by atoms with Gasteiger partial charge in [-0.1, -0.05) is 91.0 Å². The minimum absolute atomic E-state index is 0. The van der Waals surface area contributed by atoms with Gasteiger partial charge < -0.3 is 24.3 Å². The van der Waals surface area contributed by atoms with Crippen molar-refractivity contribution in [2.24, 2.45) is 0 Å². The highest BCUT2D eigenvalue weighted by Crippen LogP contribution is 2.42. The van der Waals surface area contributed by atoms with Gasteiger partial charge in [0.1, 0.15) is 13.2 Å². The minimum Gasteiger partial charge on any atom is -0.493 e. The van der Waals surface area contributed by atoms with Gasteiger partial charge in [0, 0.05) is 25.2 Å². The average molecular weight is 860 g/mol. The standard InChI is InChI=1S/C27H29NO2.C26H29NO2.2ClH/c1-18-11-21-9-10-28-16-23-15-27(30-17-20-7-5-4-6-8-20)26(29-3)14-22(23)13-25(28)24(21)12-19(18)2;1-18-13-22-11-12-27-24(23(22)14-19(18)2)15-21-9-10-25(26(16-21)28-3)29-17-20-7-5-4-6-8-20;;/h4-8,11-12,14-15,25H,9-10,13,16-17H2,1-3H3;4-10,13-14,16,24,27H,11-12,15,17H2,1-3H3;2*1H/t25-;24-;;/m11../s1. The Labute approximate surface area is 375 Å². The van der Waals surface area contributed by atoms with Crippen LogP contribution in [0.5, 0.6) is 23.0 Å². The molecule has 6 aromatic carbocycles. The van der Waals surface area contributed by atoms with Gasteiger partial charge in [-0.2, -0.15) is 0 Å². The zero-order valence-corrected chi connectivity index (χ0v) is 38.0. The number of hydrogen-bond donors (Lipinski definition) is 1. The lowest BCUT2D eigenvalue weighted by Gasteiger charge is -2.42. The van der Waals surface area contributed by atoms with Gasteiger partial charge in [0.2, 0.25) is 0 Å². The summed E-state index contributed by atoms with van der Waals surface area (Å²) < 4.78 is 23.5. The Hall–Kier alpha value is -4.98. The second kappa shape index (κ2) is 20.7. The summed E-state index contributed by atoms with van der Waals surface area (Å²) in [5, 5.41) is 3.70. The molecular weight excluding hydrogens is 799 g/mol. The molecule has 0 aromatic heterocycles. The minimum atomic E-state index is 0. The molecule has 0 radical (unpaired) electrons. The number of benzene rings is 6. The Balaban J connectivity index is 0.000000198. The smallest absolute Gasteiger partial charge is 0.162 e. The first-order valence-electron chi connectivity index (χ1n) is 21.1. The van der Waals surface area contributed by atoms with Crippen molar-refractivity contribution in [3.05, 3.63) is 188 Å². The number of methoxy groups -OCH3 is 2. The highest BCUT2D eigenvalue weighted by molar-refractivity contribution is 5.85. The summed E-state index contributed by atoms with van der Waals surface area (Å²) in [7, 11) is 3.43. The third-order valence-corrected chi connectivity index (χ3v) is 12.6. The number of nitrogens with zero attached hydrogens (tertiary/aromatic N) is 1. The molecule has 61 heavy (non-hydrogen) atoms. The van der Waals surface area contributed by atoms with Crippen molar-refractivity contribution in [3.8, 4) is 23.0 Å². The average Bonchev–Trinajstić information content (AvgIpc) is 3.26. The number of aryl methyl sites for hydroxylation is 4. The molecule has 2 atom stereocenters. The van der Waals surface area contributed by atoms with E-state index in [9.17, 15) is 0 Å². The van der Waals surface area contributed by atoms with Gasteiger partial charge in [-0.15, -0.1) is 24.8 Å². The van der Waals surface area contributed by atoms with E-state index >= 15 is 0 Å². The summed E-state index contributed by atoms with van der Waals surface area (Å²) in [5.41, 5.74) is 17.8. The Bertz CT molecular complexity index is 2400. The predicted molar refractivity (Wildman–Crippen MR) is 253 cm³/mol. The Morgan fingerprint density at radius 3 is 1.74 bits per heavy atom. The van der Waals surface area contributed by atoms with Gasteiger partial charge >= 0.3 is 0 Å². The quantitative estimate of drug-likeness (QED) is 0.148. The highest BCUT2D eigenvalue weighted by atomic mass is 35.5. The SMILES string of the molecule is COc1cc(C[C@H]2NCCc3cc(C)c(C)cc32)ccc1OCc1ccccc1.COc1cc2c(cc1OCc1ccccc1)CN1CCc3cc(C)c(C)cc3[C@H]1C2.Cl.Cl. The highest BCUT2D eigenvalue weighted by Gasteiger charge is 2.33.